The van der Waals surface area contributed by atoms with E-state index in [0.29, 0.717) is 6.61 Å². The zero-order chi connectivity index (χ0) is 14.1. The Labute approximate surface area is 110 Å². The maximum Gasteiger partial charge on any atom is 0.135 e. The van der Waals surface area contributed by atoms with Crippen LogP contribution in [-0.2, 0) is 14.2 Å². The van der Waals surface area contributed by atoms with Crippen molar-refractivity contribution in [3.63, 3.8) is 0 Å². The minimum atomic E-state index is -0.821. The van der Waals surface area contributed by atoms with Crippen LogP contribution in [0.3, 0.4) is 0 Å². The molecule has 18 heavy (non-hydrogen) atoms. The largest absolute Gasteiger partial charge is 0.386 e. The molecule has 5 heteroatoms. The van der Waals surface area contributed by atoms with Crippen LogP contribution in [0, 0.1) is 0 Å². The Morgan fingerprint density at radius 2 is 1.67 bits per heavy atom. The summed E-state index contributed by atoms with van der Waals surface area (Å²) >= 11 is 0. The van der Waals surface area contributed by atoms with Gasteiger partial charge in [-0.25, -0.2) is 0 Å². The normalized spacial score (nSPS) is 34.0. The summed E-state index contributed by atoms with van der Waals surface area (Å²) in [6.07, 6.45) is -2.33. The molecule has 0 amide bonds. The zero-order valence-corrected chi connectivity index (χ0v) is 12.3. The predicted octanol–water partition coefficient (Wildman–Crippen LogP) is 1.03. The summed E-state index contributed by atoms with van der Waals surface area (Å²) in [6, 6.07) is 0. The average Bonchev–Trinajstić information content (AvgIpc) is 2.39. The molecule has 1 heterocycles. The number of ether oxygens (including phenoxy) is 3. The molecule has 1 saturated heterocycles. The van der Waals surface area contributed by atoms with E-state index in [1.165, 1.54) is 0 Å². The second-order valence-corrected chi connectivity index (χ2v) is 6.75. The quantitative estimate of drug-likeness (QED) is 0.793. The second kappa shape index (κ2) is 5.43. The summed E-state index contributed by atoms with van der Waals surface area (Å²) in [6.45, 7) is 12.1. The first-order valence-electron chi connectivity index (χ1n) is 6.40. The molecule has 0 aromatic rings. The maximum absolute atomic E-state index is 9.99. The van der Waals surface area contributed by atoms with E-state index in [9.17, 15) is 5.11 Å². The molecule has 0 bridgehead atoms. The lowest BCUT2D eigenvalue weighted by atomic mass is 10.1. The van der Waals surface area contributed by atoms with Crippen LogP contribution in [0.15, 0.2) is 0 Å². The molecule has 2 unspecified atom stereocenters. The average molecular weight is 261 g/mol. The fourth-order valence-corrected chi connectivity index (χ4v) is 1.79. The molecule has 0 saturated carbocycles. The molecule has 1 aliphatic rings. The van der Waals surface area contributed by atoms with E-state index < -0.39 is 18.4 Å². The van der Waals surface area contributed by atoms with Crippen LogP contribution >= 0.6 is 0 Å². The zero-order valence-electron chi connectivity index (χ0n) is 12.3. The highest BCUT2D eigenvalue weighted by Gasteiger charge is 2.45. The molecule has 0 aliphatic carbocycles. The van der Waals surface area contributed by atoms with Crippen LogP contribution in [0.1, 0.15) is 41.5 Å². The van der Waals surface area contributed by atoms with E-state index in [-0.39, 0.29) is 17.3 Å². The van der Waals surface area contributed by atoms with E-state index in [1.807, 2.05) is 41.5 Å². The molecule has 1 aliphatic heterocycles. The molecule has 4 atom stereocenters. The van der Waals surface area contributed by atoms with Crippen molar-refractivity contribution in [3.8, 4) is 0 Å². The highest BCUT2D eigenvalue weighted by Crippen LogP contribution is 2.27. The summed E-state index contributed by atoms with van der Waals surface area (Å²) in [4.78, 5) is 0. The van der Waals surface area contributed by atoms with Crippen molar-refractivity contribution in [2.24, 2.45) is 5.73 Å². The van der Waals surface area contributed by atoms with Gasteiger partial charge in [0.15, 0.2) is 0 Å². The van der Waals surface area contributed by atoms with Crippen LogP contribution in [0.5, 0.6) is 0 Å². The van der Waals surface area contributed by atoms with Crippen LogP contribution in [0.2, 0.25) is 0 Å². The lowest BCUT2D eigenvalue weighted by Gasteiger charge is -2.30. The molecule has 1 fully saturated rings. The molecular weight excluding hydrogens is 234 g/mol. The number of nitrogens with two attached hydrogens (primary N) is 1. The summed E-state index contributed by atoms with van der Waals surface area (Å²) < 4.78 is 17.0. The SMILES string of the molecule is CC(C)(C)OC[C@H]1O[C@H](N)C(O)C1OC(C)(C)C. The Morgan fingerprint density at radius 1 is 1.11 bits per heavy atom. The van der Waals surface area contributed by atoms with E-state index in [2.05, 4.69) is 0 Å². The van der Waals surface area contributed by atoms with Gasteiger partial charge in [0.05, 0.1) is 17.8 Å². The minimum absolute atomic E-state index is 0.257. The molecule has 0 spiro atoms. The molecular formula is C13H27NO4. The Morgan fingerprint density at radius 3 is 2.11 bits per heavy atom. The highest BCUT2D eigenvalue weighted by molar-refractivity contribution is 4.91. The van der Waals surface area contributed by atoms with Crippen molar-refractivity contribution < 1.29 is 19.3 Å². The molecule has 0 aromatic heterocycles. The minimum Gasteiger partial charge on any atom is -0.386 e. The summed E-state index contributed by atoms with van der Waals surface area (Å²) in [5.74, 6) is 0. The summed E-state index contributed by atoms with van der Waals surface area (Å²) in [5.41, 5.74) is 5.09. The van der Waals surface area contributed by atoms with Gasteiger partial charge in [-0.05, 0) is 41.5 Å². The van der Waals surface area contributed by atoms with Gasteiger partial charge in [-0.1, -0.05) is 0 Å². The smallest absolute Gasteiger partial charge is 0.135 e. The summed E-state index contributed by atoms with van der Waals surface area (Å²) in [7, 11) is 0. The van der Waals surface area contributed by atoms with Crippen molar-refractivity contribution in [3.05, 3.63) is 0 Å². The van der Waals surface area contributed by atoms with Crippen LogP contribution in [0.25, 0.3) is 0 Å². The van der Waals surface area contributed by atoms with Crippen molar-refractivity contribution in [2.75, 3.05) is 6.61 Å². The Hall–Kier alpha value is -0.200. The second-order valence-electron chi connectivity index (χ2n) is 6.75. The highest BCUT2D eigenvalue weighted by atomic mass is 16.6. The Bertz CT molecular complexity index is 269. The van der Waals surface area contributed by atoms with Gasteiger partial charge >= 0.3 is 0 Å². The summed E-state index contributed by atoms with van der Waals surface area (Å²) in [5, 5.41) is 9.99. The van der Waals surface area contributed by atoms with E-state index in [1.54, 1.807) is 0 Å². The number of hydrogen-bond donors (Lipinski definition) is 2. The van der Waals surface area contributed by atoms with Crippen LogP contribution < -0.4 is 5.73 Å². The lowest BCUT2D eigenvalue weighted by Crippen LogP contribution is -2.44. The van der Waals surface area contributed by atoms with E-state index in [4.69, 9.17) is 19.9 Å². The number of aliphatic hydroxyl groups is 1. The first-order chi connectivity index (χ1) is 7.99. The Kier molecular flexibility index (Phi) is 4.78. The molecule has 3 N–H and O–H groups in total. The Balaban J connectivity index is 2.64. The fraction of sp³-hybridized carbons (Fsp3) is 1.00. The van der Waals surface area contributed by atoms with Crippen LogP contribution in [0.4, 0.5) is 0 Å². The van der Waals surface area contributed by atoms with Gasteiger partial charge in [0.1, 0.15) is 24.5 Å². The third kappa shape index (κ3) is 4.82. The fourth-order valence-electron chi connectivity index (χ4n) is 1.79. The monoisotopic (exact) mass is 261 g/mol. The van der Waals surface area contributed by atoms with Gasteiger partial charge in [-0.3, -0.25) is 0 Å². The molecule has 0 aromatic carbocycles. The molecule has 1 rings (SSSR count). The standard InChI is InChI=1S/C13H27NO4/c1-12(2,3)16-7-8-10(18-13(4,5)6)9(15)11(14)17-8/h8-11,15H,7,14H2,1-6H3/t8-,9?,10?,11+/m1/s1. The topological polar surface area (TPSA) is 73.9 Å². The number of aliphatic hydroxyl groups excluding tert-OH is 1. The molecule has 5 nitrogen and oxygen atoms in total. The van der Waals surface area contributed by atoms with Crippen molar-refractivity contribution in [1.29, 1.82) is 0 Å². The van der Waals surface area contributed by atoms with Gasteiger partial charge in [0.2, 0.25) is 0 Å². The van der Waals surface area contributed by atoms with Crippen molar-refractivity contribution >= 4 is 0 Å². The van der Waals surface area contributed by atoms with Gasteiger partial charge < -0.3 is 25.1 Å². The van der Waals surface area contributed by atoms with Gasteiger partial charge in [-0.2, -0.15) is 0 Å². The third-order valence-electron chi connectivity index (χ3n) is 2.54. The predicted molar refractivity (Wildman–Crippen MR) is 69.2 cm³/mol. The third-order valence-corrected chi connectivity index (χ3v) is 2.54. The lowest BCUT2D eigenvalue weighted by molar-refractivity contribution is -0.137. The molecule has 108 valence electrons. The molecule has 0 radical (unpaired) electrons. The number of rotatable bonds is 3. The van der Waals surface area contributed by atoms with Gasteiger partial charge in [0, 0.05) is 0 Å². The van der Waals surface area contributed by atoms with Crippen molar-refractivity contribution in [1.82, 2.24) is 0 Å². The first-order valence-corrected chi connectivity index (χ1v) is 6.40. The van der Waals surface area contributed by atoms with E-state index in [0.717, 1.165) is 0 Å². The van der Waals surface area contributed by atoms with Crippen molar-refractivity contribution in [2.45, 2.75) is 77.3 Å². The van der Waals surface area contributed by atoms with E-state index >= 15 is 0 Å². The van der Waals surface area contributed by atoms with Crippen LogP contribution in [-0.4, -0.2) is 47.5 Å². The maximum atomic E-state index is 9.99. The van der Waals surface area contributed by atoms with Gasteiger partial charge in [-0.15, -0.1) is 0 Å². The van der Waals surface area contributed by atoms with Gasteiger partial charge in [0.25, 0.3) is 0 Å². The first kappa shape index (κ1) is 15.9. The number of hydrogen-bond acceptors (Lipinski definition) is 5.